The van der Waals surface area contributed by atoms with Gasteiger partial charge in [0, 0.05) is 12.8 Å². The van der Waals surface area contributed by atoms with E-state index >= 15 is 0 Å². The van der Waals surface area contributed by atoms with Gasteiger partial charge in [0.1, 0.15) is 48.0 Å². The normalized spacial score (nSPS) is 14.8. The van der Waals surface area contributed by atoms with Crippen LogP contribution in [-0.4, -0.2) is 123 Å². The van der Waals surface area contributed by atoms with Crippen molar-refractivity contribution in [3.05, 3.63) is 29.8 Å². The van der Waals surface area contributed by atoms with Crippen molar-refractivity contribution in [3.8, 4) is 5.75 Å². The number of carboxylic acid groups (broad SMARTS) is 2. The Morgan fingerprint density at radius 1 is 0.661 bits per heavy atom. The molecule has 0 radical (unpaired) electrons. The lowest BCUT2D eigenvalue weighted by molar-refractivity contribution is -0.143. The Balaban J connectivity index is 3.47. The van der Waals surface area contributed by atoms with Gasteiger partial charge < -0.3 is 63.8 Å². The van der Waals surface area contributed by atoms with E-state index in [9.17, 15) is 58.5 Å². The molecule has 0 saturated carbocycles. The molecule has 21 nitrogen and oxygen atoms in total. The lowest BCUT2D eigenvalue weighted by Crippen LogP contribution is -2.61. The Morgan fingerprint density at radius 3 is 1.66 bits per heavy atom. The van der Waals surface area contributed by atoms with Crippen LogP contribution in [0.15, 0.2) is 24.3 Å². The van der Waals surface area contributed by atoms with E-state index in [2.05, 4.69) is 31.9 Å². The van der Waals surface area contributed by atoms with Crippen LogP contribution < -0.4 is 43.4 Å². The summed E-state index contributed by atoms with van der Waals surface area (Å²) in [6.07, 6.45) is -2.02. The zero-order valence-corrected chi connectivity index (χ0v) is 31.9. The van der Waals surface area contributed by atoms with E-state index in [0.717, 1.165) is 6.92 Å². The fourth-order valence-corrected chi connectivity index (χ4v) is 5.05. The second kappa shape index (κ2) is 23.2. The fraction of sp³-hybridized carbons (Fsp3) is 0.571. The van der Waals surface area contributed by atoms with Gasteiger partial charge in [-0.2, -0.15) is 0 Å². The van der Waals surface area contributed by atoms with Crippen molar-refractivity contribution in [3.63, 3.8) is 0 Å². The third kappa shape index (κ3) is 17.1. The average molecular weight is 795 g/mol. The Morgan fingerprint density at radius 2 is 1.16 bits per heavy atom. The maximum Gasteiger partial charge on any atom is 0.325 e. The summed E-state index contributed by atoms with van der Waals surface area (Å²) in [6.45, 7) is 7.00. The van der Waals surface area contributed by atoms with Gasteiger partial charge in [-0.25, -0.2) is 0 Å². The zero-order chi connectivity index (χ0) is 42.9. The summed E-state index contributed by atoms with van der Waals surface area (Å²) in [7, 11) is 0. The third-order valence-electron chi connectivity index (χ3n) is 8.18. The van der Waals surface area contributed by atoms with Crippen molar-refractivity contribution in [1.29, 1.82) is 0 Å². The minimum atomic E-state index is -1.75. The number of hydrogen-bond acceptors (Lipinski definition) is 12. The smallest absolute Gasteiger partial charge is 0.325 e. The van der Waals surface area contributed by atoms with Crippen LogP contribution in [0.5, 0.6) is 5.75 Å². The minimum absolute atomic E-state index is 0.0667. The number of aromatic hydroxyl groups is 1. The van der Waals surface area contributed by atoms with Crippen molar-refractivity contribution >= 4 is 53.3 Å². The number of aliphatic hydroxyl groups excluding tert-OH is 1. The molecule has 0 heterocycles. The number of nitrogens with two attached hydrogens (primary N) is 2. The molecule has 312 valence electrons. The Kier molecular flexibility index (Phi) is 19.9. The van der Waals surface area contributed by atoms with E-state index < -0.39 is 121 Å². The van der Waals surface area contributed by atoms with Gasteiger partial charge in [-0.3, -0.25) is 43.2 Å². The first kappa shape index (κ1) is 48.2. The van der Waals surface area contributed by atoms with Gasteiger partial charge in [0.2, 0.25) is 41.4 Å². The van der Waals surface area contributed by atoms with Crippen LogP contribution in [0.2, 0.25) is 0 Å². The van der Waals surface area contributed by atoms with E-state index in [-0.39, 0.29) is 30.9 Å². The molecule has 1 rings (SSSR count). The predicted molar refractivity (Wildman–Crippen MR) is 197 cm³/mol. The SMILES string of the molecule is CC(C)C[C@H](NC(=O)[C@H](CCC(N)=O)NC(=O)[C@H](Cc1ccc(O)cc1)NC(=O)[C@@H](NC(=O)[C@@H](N)CO)C(C)C)C(=O)N[C@@H](CC(=O)O)C(=O)N[C@@H](C)C(=O)O. The highest BCUT2D eigenvalue weighted by atomic mass is 16.4. The number of carbonyl (C=O) groups excluding carboxylic acids is 7. The molecule has 21 heteroatoms. The van der Waals surface area contributed by atoms with Gasteiger partial charge in [0.15, 0.2) is 0 Å². The van der Waals surface area contributed by atoms with Gasteiger partial charge in [0.25, 0.3) is 0 Å². The van der Waals surface area contributed by atoms with Crippen LogP contribution in [0.25, 0.3) is 0 Å². The number of nitrogens with one attached hydrogen (secondary N) is 6. The molecular formula is C35H54N8O13. The first-order chi connectivity index (χ1) is 26.0. The monoisotopic (exact) mass is 794 g/mol. The van der Waals surface area contributed by atoms with E-state index in [1.54, 1.807) is 27.7 Å². The number of amides is 7. The van der Waals surface area contributed by atoms with Crippen molar-refractivity contribution in [1.82, 2.24) is 31.9 Å². The second-order valence-electron chi connectivity index (χ2n) is 13.9. The van der Waals surface area contributed by atoms with Crippen molar-refractivity contribution in [2.24, 2.45) is 23.3 Å². The first-order valence-corrected chi connectivity index (χ1v) is 17.8. The summed E-state index contributed by atoms with van der Waals surface area (Å²) >= 11 is 0. The minimum Gasteiger partial charge on any atom is -0.508 e. The van der Waals surface area contributed by atoms with Gasteiger partial charge in [0.05, 0.1) is 13.0 Å². The standard InChI is InChI=1S/C35H54N8O13/c1-16(2)12-23(32(52)41-25(14-27(47)48)31(51)38-18(5)35(55)56)40-30(50)22(10-11-26(37)46)39-33(53)24(13-19-6-8-20(45)9-7-19)42-34(54)28(17(3)4)43-29(49)21(36)15-44/h6-9,16-18,21-25,28,44-45H,10-15,36H2,1-5H3,(H2,37,46)(H,38,51)(H,39,53)(H,40,50)(H,41,52)(H,42,54)(H,43,49)(H,47,48)(H,55,56)/t18-,21-,22-,23-,24-,25-,28-/m0/s1. The van der Waals surface area contributed by atoms with E-state index in [1.807, 2.05) is 0 Å². The lowest BCUT2D eigenvalue weighted by Gasteiger charge is -2.28. The number of aliphatic carboxylic acids is 2. The summed E-state index contributed by atoms with van der Waals surface area (Å²) in [5, 5.41) is 51.7. The van der Waals surface area contributed by atoms with Crippen LogP contribution in [0, 0.1) is 11.8 Å². The van der Waals surface area contributed by atoms with E-state index in [4.69, 9.17) is 16.6 Å². The van der Waals surface area contributed by atoms with Crippen LogP contribution >= 0.6 is 0 Å². The maximum atomic E-state index is 13.9. The van der Waals surface area contributed by atoms with Gasteiger partial charge in [-0.05, 0) is 49.3 Å². The first-order valence-electron chi connectivity index (χ1n) is 17.8. The molecule has 0 fully saturated rings. The molecule has 0 bridgehead atoms. The largest absolute Gasteiger partial charge is 0.508 e. The summed E-state index contributed by atoms with van der Waals surface area (Å²) in [5.41, 5.74) is 11.4. The van der Waals surface area contributed by atoms with Crippen molar-refractivity contribution in [2.45, 2.75) is 109 Å². The Labute approximate surface area is 323 Å². The molecule has 1 aromatic carbocycles. The average Bonchev–Trinajstić information content (AvgIpc) is 3.10. The van der Waals surface area contributed by atoms with Crippen molar-refractivity contribution in [2.75, 3.05) is 6.61 Å². The molecule has 7 atom stereocenters. The number of rotatable bonds is 24. The predicted octanol–water partition coefficient (Wildman–Crippen LogP) is -3.29. The van der Waals surface area contributed by atoms with E-state index in [1.165, 1.54) is 24.3 Å². The number of carboxylic acids is 2. The quantitative estimate of drug-likeness (QED) is 0.0488. The topological polar surface area (TPSA) is 359 Å². The summed E-state index contributed by atoms with van der Waals surface area (Å²) < 4.78 is 0. The number of carbonyl (C=O) groups is 9. The highest BCUT2D eigenvalue weighted by molar-refractivity contribution is 5.98. The van der Waals surface area contributed by atoms with Crippen LogP contribution in [0.3, 0.4) is 0 Å². The van der Waals surface area contributed by atoms with Crippen molar-refractivity contribution < 1.29 is 63.6 Å². The molecule has 0 spiro atoms. The molecule has 0 aliphatic heterocycles. The lowest BCUT2D eigenvalue weighted by atomic mass is 9.99. The molecule has 1 aromatic rings. The molecular weight excluding hydrogens is 740 g/mol. The molecule has 14 N–H and O–H groups in total. The van der Waals surface area contributed by atoms with Gasteiger partial charge in [-0.1, -0.05) is 39.8 Å². The molecule has 0 saturated heterocycles. The highest BCUT2D eigenvalue weighted by Crippen LogP contribution is 2.14. The number of phenols is 1. The molecule has 56 heavy (non-hydrogen) atoms. The van der Waals surface area contributed by atoms with Gasteiger partial charge in [-0.15, -0.1) is 0 Å². The number of benzene rings is 1. The molecule has 7 amide bonds. The molecule has 0 unspecified atom stereocenters. The number of hydrogen-bond donors (Lipinski definition) is 12. The summed E-state index contributed by atoms with van der Waals surface area (Å²) in [6, 6.07) is -4.60. The molecule has 0 aliphatic rings. The fourth-order valence-electron chi connectivity index (χ4n) is 5.05. The van der Waals surface area contributed by atoms with Gasteiger partial charge >= 0.3 is 11.9 Å². The summed E-state index contributed by atoms with van der Waals surface area (Å²) in [5.74, 6) is -10.4. The van der Waals surface area contributed by atoms with Crippen LogP contribution in [0.4, 0.5) is 0 Å². The Bertz CT molecular complexity index is 1570. The zero-order valence-electron chi connectivity index (χ0n) is 31.9. The molecule has 0 aromatic heterocycles. The highest BCUT2D eigenvalue weighted by Gasteiger charge is 2.35. The third-order valence-corrected chi connectivity index (χ3v) is 8.18. The van der Waals surface area contributed by atoms with E-state index in [0.29, 0.717) is 5.56 Å². The maximum absolute atomic E-state index is 13.9. The number of aliphatic hydroxyl groups is 1. The second-order valence-corrected chi connectivity index (χ2v) is 13.9. The summed E-state index contributed by atoms with van der Waals surface area (Å²) in [4.78, 5) is 114. The van der Waals surface area contributed by atoms with Crippen LogP contribution in [0.1, 0.15) is 65.9 Å². The number of phenolic OH excluding ortho intramolecular Hbond substituents is 1. The molecule has 0 aliphatic carbocycles. The van der Waals surface area contributed by atoms with Crippen LogP contribution in [-0.2, 0) is 49.6 Å². The Hall–Kier alpha value is -5.83. The number of primary amides is 1.